The van der Waals surface area contributed by atoms with Gasteiger partial charge in [-0.1, -0.05) is 92.0 Å². The van der Waals surface area contributed by atoms with Crippen molar-refractivity contribution in [1.82, 2.24) is 5.43 Å². The summed E-state index contributed by atoms with van der Waals surface area (Å²) in [5.74, 6) is -1.81. The van der Waals surface area contributed by atoms with Crippen molar-refractivity contribution in [2.45, 2.75) is 43.9 Å². The van der Waals surface area contributed by atoms with Gasteiger partial charge >= 0.3 is 0 Å². The van der Waals surface area contributed by atoms with Crippen LogP contribution in [-0.2, 0) is 19.8 Å². The molecule has 2 saturated carbocycles. The summed E-state index contributed by atoms with van der Waals surface area (Å²) in [6, 6.07) is 23.0. The quantitative estimate of drug-likeness (QED) is 0.247. The van der Waals surface area contributed by atoms with E-state index in [0.717, 1.165) is 35.1 Å². The molecule has 6 aliphatic rings. The first-order chi connectivity index (χ1) is 19.9. The lowest BCUT2D eigenvalue weighted by Gasteiger charge is -2.52. The summed E-state index contributed by atoms with van der Waals surface area (Å²) in [7, 11) is 0. The van der Waals surface area contributed by atoms with Crippen LogP contribution in [0.2, 0.25) is 5.02 Å². The molecule has 3 aromatic carbocycles. The van der Waals surface area contributed by atoms with Crippen molar-refractivity contribution in [3.8, 4) is 0 Å². The van der Waals surface area contributed by atoms with E-state index in [2.05, 4.69) is 29.6 Å². The van der Waals surface area contributed by atoms with Crippen LogP contribution in [0.1, 0.15) is 60.8 Å². The average Bonchev–Trinajstić information content (AvgIpc) is 3.54. The number of hydrazone groups is 1. The van der Waals surface area contributed by atoms with E-state index in [1.165, 1.54) is 17.7 Å². The molecule has 3 amide bonds. The molecule has 5 atom stereocenters. The van der Waals surface area contributed by atoms with Crippen LogP contribution >= 0.6 is 11.6 Å². The Morgan fingerprint density at radius 3 is 2.27 bits per heavy atom. The largest absolute Gasteiger partial charge is 0.274 e. The number of hydrogen-bond donors (Lipinski definition) is 1. The molecule has 1 aliphatic heterocycles. The van der Waals surface area contributed by atoms with E-state index < -0.39 is 17.3 Å². The van der Waals surface area contributed by atoms with Crippen molar-refractivity contribution in [2.24, 2.45) is 34.2 Å². The summed E-state index contributed by atoms with van der Waals surface area (Å²) in [6.07, 6.45) is 6.24. The van der Waals surface area contributed by atoms with Crippen LogP contribution in [0.25, 0.3) is 0 Å². The van der Waals surface area contributed by atoms with Crippen molar-refractivity contribution >= 4 is 41.2 Å². The van der Waals surface area contributed by atoms with Crippen LogP contribution in [0.4, 0.5) is 5.69 Å². The minimum absolute atomic E-state index is 0.0283. The van der Waals surface area contributed by atoms with Crippen LogP contribution in [0, 0.1) is 29.1 Å². The Hall–Kier alpha value is -3.77. The molecule has 3 fully saturated rings. The number of nitrogens with one attached hydrogen (secondary N) is 1. The van der Waals surface area contributed by atoms with Crippen molar-refractivity contribution in [2.75, 3.05) is 4.90 Å². The molecule has 6 nitrogen and oxygen atoms in total. The number of carbonyl (C=O) groups excluding carboxylic acids is 3. The zero-order valence-electron chi connectivity index (χ0n) is 22.7. The maximum Gasteiger partial charge on any atom is 0.244 e. The number of carbonyl (C=O) groups is 3. The van der Waals surface area contributed by atoms with Gasteiger partial charge in [-0.05, 0) is 58.6 Å². The van der Waals surface area contributed by atoms with Gasteiger partial charge in [0, 0.05) is 18.1 Å². The van der Waals surface area contributed by atoms with Crippen LogP contribution in [0.5, 0.6) is 0 Å². The third kappa shape index (κ3) is 3.14. The lowest BCUT2D eigenvalue weighted by Crippen LogP contribution is -2.54. The molecule has 0 unspecified atom stereocenters. The number of imide groups is 1. The number of halogens is 1. The molecule has 1 heterocycles. The molecule has 7 heteroatoms. The Kier molecular flexibility index (Phi) is 5.25. The van der Waals surface area contributed by atoms with E-state index in [-0.39, 0.29) is 35.0 Å². The minimum atomic E-state index is -1.02. The number of para-hydroxylation sites is 1. The number of rotatable bonds is 4. The van der Waals surface area contributed by atoms with E-state index in [1.54, 1.807) is 30.5 Å². The summed E-state index contributed by atoms with van der Waals surface area (Å²) in [5, 5.41) is 4.96. The van der Waals surface area contributed by atoms with Gasteiger partial charge < -0.3 is 0 Å². The van der Waals surface area contributed by atoms with Gasteiger partial charge in [0.25, 0.3) is 0 Å². The molecule has 2 bridgehead atoms. The highest BCUT2D eigenvalue weighted by atomic mass is 35.5. The second-order valence-electron chi connectivity index (χ2n) is 12.6. The molecule has 9 rings (SSSR count). The fourth-order valence-electron chi connectivity index (χ4n) is 9.04. The number of amides is 3. The molecule has 0 aromatic heterocycles. The van der Waals surface area contributed by atoms with E-state index in [0.29, 0.717) is 16.6 Å². The molecule has 1 saturated heterocycles. The van der Waals surface area contributed by atoms with Crippen molar-refractivity contribution in [1.29, 1.82) is 0 Å². The molecular weight excluding hydrogens is 534 g/mol. The Labute approximate surface area is 243 Å². The van der Waals surface area contributed by atoms with Crippen molar-refractivity contribution in [3.05, 3.63) is 100 Å². The zero-order chi connectivity index (χ0) is 28.1. The second-order valence-corrected chi connectivity index (χ2v) is 13.0. The number of benzene rings is 3. The molecule has 0 radical (unpaired) electrons. The van der Waals surface area contributed by atoms with Crippen molar-refractivity contribution in [3.63, 3.8) is 0 Å². The first kappa shape index (κ1) is 25.0. The lowest BCUT2D eigenvalue weighted by molar-refractivity contribution is -0.124. The minimum Gasteiger partial charge on any atom is -0.274 e. The Balaban J connectivity index is 1.26. The van der Waals surface area contributed by atoms with Crippen LogP contribution in [-0.4, -0.2) is 23.9 Å². The van der Waals surface area contributed by atoms with Crippen LogP contribution in [0.3, 0.4) is 0 Å². The monoisotopic (exact) mass is 563 g/mol. The van der Waals surface area contributed by atoms with Gasteiger partial charge in [0.2, 0.25) is 17.7 Å². The topological polar surface area (TPSA) is 78.8 Å². The predicted octanol–water partition coefficient (Wildman–Crippen LogP) is 5.82. The first-order valence-corrected chi connectivity index (χ1v) is 14.9. The second kappa shape index (κ2) is 8.62. The number of nitrogens with zero attached hydrogens (tertiary/aromatic N) is 2. The van der Waals surface area contributed by atoms with Gasteiger partial charge in [-0.3, -0.25) is 14.4 Å². The predicted molar refractivity (Wildman–Crippen MR) is 157 cm³/mol. The highest BCUT2D eigenvalue weighted by Crippen LogP contribution is 2.66. The number of anilines is 1. The molecule has 1 N–H and O–H groups in total. The summed E-state index contributed by atoms with van der Waals surface area (Å²) in [6.45, 7) is 2.22. The van der Waals surface area contributed by atoms with E-state index in [9.17, 15) is 14.4 Å². The fraction of sp³-hybridized carbons (Fsp3) is 0.353. The standard InChI is InChI=1S/C34H30ClN3O3/c1-33-17-9-8-14-23(33)28(33)30(39)37-36-18-34-21-12-4-2-10-19(21)26(20-11-3-5-13-22(20)34)27-29(34)32(41)38(31(27)40)25-16-7-6-15-24(25)35/h2-7,10-13,15-16,18,23,26-29H,8-9,14,17H2,1H3,(H,37,39)/b36-18-/t23-,26?,27-,28-,29+,33+,34?/m1/s1. The zero-order valence-corrected chi connectivity index (χ0v) is 23.5. The Morgan fingerprint density at radius 2 is 1.61 bits per heavy atom. The van der Waals surface area contributed by atoms with Gasteiger partial charge in [-0.25, -0.2) is 10.3 Å². The molecule has 41 heavy (non-hydrogen) atoms. The lowest BCUT2D eigenvalue weighted by atomic mass is 9.47. The van der Waals surface area contributed by atoms with E-state index >= 15 is 0 Å². The summed E-state index contributed by atoms with van der Waals surface area (Å²) >= 11 is 6.53. The molecule has 5 aliphatic carbocycles. The average molecular weight is 564 g/mol. The van der Waals surface area contributed by atoms with Gasteiger partial charge in [0.05, 0.1) is 28.0 Å². The fourth-order valence-corrected chi connectivity index (χ4v) is 9.26. The highest BCUT2D eigenvalue weighted by Gasteiger charge is 2.68. The summed E-state index contributed by atoms with van der Waals surface area (Å²) < 4.78 is 0. The highest BCUT2D eigenvalue weighted by molar-refractivity contribution is 6.36. The van der Waals surface area contributed by atoms with Crippen LogP contribution < -0.4 is 10.3 Å². The maximum absolute atomic E-state index is 14.4. The summed E-state index contributed by atoms with van der Waals surface area (Å²) in [5.41, 5.74) is 6.26. The first-order valence-electron chi connectivity index (χ1n) is 14.5. The van der Waals surface area contributed by atoms with Gasteiger partial charge in [0.15, 0.2) is 0 Å². The van der Waals surface area contributed by atoms with Gasteiger partial charge in [-0.2, -0.15) is 5.10 Å². The SMILES string of the molecule is C[C@]12CCCC[C@@H]1[C@@H]2C(=O)N/N=C\C12c3ccccc3C(c3ccccc31)[C@H]1C(=O)N(c3ccccc3Cl)C(=O)[C@H]12. The van der Waals surface area contributed by atoms with Gasteiger partial charge in [-0.15, -0.1) is 0 Å². The molecular formula is C34H30ClN3O3. The smallest absolute Gasteiger partial charge is 0.244 e. The number of hydrogen-bond acceptors (Lipinski definition) is 4. The Morgan fingerprint density at radius 1 is 0.951 bits per heavy atom. The van der Waals surface area contributed by atoms with E-state index in [1.807, 2.05) is 36.4 Å². The third-order valence-electron chi connectivity index (χ3n) is 10.8. The summed E-state index contributed by atoms with van der Waals surface area (Å²) in [4.78, 5) is 43.3. The van der Waals surface area contributed by atoms with Crippen LogP contribution in [0.15, 0.2) is 77.9 Å². The number of fused-ring (bicyclic) bond motifs is 1. The third-order valence-corrected chi connectivity index (χ3v) is 11.2. The molecule has 0 spiro atoms. The van der Waals surface area contributed by atoms with E-state index in [4.69, 9.17) is 11.6 Å². The molecule has 206 valence electrons. The normalized spacial score (nSPS) is 34.2. The van der Waals surface area contributed by atoms with Gasteiger partial charge in [0.1, 0.15) is 0 Å². The maximum atomic E-state index is 14.4. The van der Waals surface area contributed by atoms with Crippen molar-refractivity contribution < 1.29 is 14.4 Å². The molecule has 3 aromatic rings. The Bertz CT molecular complexity index is 1640.